The summed E-state index contributed by atoms with van der Waals surface area (Å²) in [6, 6.07) is 5.47. The minimum absolute atomic E-state index is 0.0572. The summed E-state index contributed by atoms with van der Waals surface area (Å²) < 4.78 is 38.4. The second kappa shape index (κ2) is 10.6. The maximum atomic E-state index is 13.4. The molecule has 0 saturated heterocycles. The van der Waals surface area contributed by atoms with Crippen molar-refractivity contribution in [2.24, 2.45) is 0 Å². The Morgan fingerprint density at radius 2 is 1.84 bits per heavy atom. The van der Waals surface area contributed by atoms with Crippen molar-refractivity contribution < 1.29 is 32.9 Å². The van der Waals surface area contributed by atoms with Gasteiger partial charge in [0.25, 0.3) is 0 Å². The van der Waals surface area contributed by atoms with Gasteiger partial charge in [0.05, 0.1) is 36.3 Å². The molecule has 0 aliphatic heterocycles. The van der Waals surface area contributed by atoms with Crippen molar-refractivity contribution in [3.05, 3.63) is 47.4 Å². The minimum atomic E-state index is -3.63. The molecule has 9 nitrogen and oxygen atoms in total. The number of aliphatic carboxylic acids is 1. The van der Waals surface area contributed by atoms with Gasteiger partial charge in [0.15, 0.2) is 0 Å². The van der Waals surface area contributed by atoms with Gasteiger partial charge in [-0.25, -0.2) is 27.1 Å². The van der Waals surface area contributed by atoms with Crippen LogP contribution in [0.4, 0.5) is 10.3 Å². The first-order valence-corrected chi connectivity index (χ1v) is 11.6. The molecule has 32 heavy (non-hydrogen) atoms. The molecule has 3 N–H and O–H groups in total. The molecule has 0 bridgehead atoms. The average Bonchev–Trinajstić information content (AvgIpc) is 2.70. The number of aryl methyl sites for hydroxylation is 1. The Bertz CT molecular complexity index is 1090. The summed E-state index contributed by atoms with van der Waals surface area (Å²) in [4.78, 5) is 19.4. The zero-order valence-corrected chi connectivity index (χ0v) is 18.8. The molecular weight excluding hydrogens is 441 g/mol. The highest BCUT2D eigenvalue weighted by molar-refractivity contribution is 7.92. The average molecular weight is 468 g/mol. The number of sulfonamides is 1. The number of halogens is 1. The molecule has 1 aromatic carbocycles. The summed E-state index contributed by atoms with van der Waals surface area (Å²) in [6.45, 7) is 1.81. The zero-order chi connectivity index (χ0) is 24.1. The molecule has 0 amide bonds. The highest BCUT2D eigenvalue weighted by atomic mass is 32.2. The maximum absolute atomic E-state index is 13.4. The van der Waals surface area contributed by atoms with Crippen LogP contribution < -0.4 is 4.31 Å². The molecule has 11 heteroatoms. The van der Waals surface area contributed by atoms with Gasteiger partial charge >= 0.3 is 5.97 Å². The Kier molecular flexibility index (Phi) is 8.42. The molecule has 0 unspecified atom stereocenters. The Balaban J connectivity index is 2.54. The number of aliphatic hydroxyl groups excluding tert-OH is 2. The minimum Gasteiger partial charge on any atom is -0.481 e. The molecule has 0 aliphatic carbocycles. The van der Waals surface area contributed by atoms with Gasteiger partial charge in [0.2, 0.25) is 16.0 Å². The summed E-state index contributed by atoms with van der Waals surface area (Å²) in [5.41, 5.74) is 1.81. The van der Waals surface area contributed by atoms with Crippen molar-refractivity contribution in [1.29, 1.82) is 0 Å². The van der Waals surface area contributed by atoms with Gasteiger partial charge in [-0.1, -0.05) is 19.1 Å². The van der Waals surface area contributed by atoms with E-state index in [1.54, 1.807) is 0 Å². The molecule has 1 heterocycles. The number of aliphatic hydroxyl groups is 2. The SMILES string of the molecule is CCc1nc(N(C)S(C)(=O)=O)nc(-c2ccc(F)cc2)c1/C=C/[C@@H](O)C[C@@H](O)CC(=O)O. The number of anilines is 1. The van der Waals surface area contributed by atoms with Crippen LogP contribution in [0.1, 0.15) is 31.0 Å². The first-order chi connectivity index (χ1) is 14.9. The number of hydrogen-bond donors (Lipinski definition) is 3. The molecule has 174 valence electrons. The zero-order valence-electron chi connectivity index (χ0n) is 17.9. The lowest BCUT2D eigenvalue weighted by atomic mass is 10.0. The third kappa shape index (κ3) is 6.81. The van der Waals surface area contributed by atoms with Gasteiger partial charge in [-0.2, -0.15) is 0 Å². The van der Waals surface area contributed by atoms with Crippen LogP contribution in [0.2, 0.25) is 0 Å². The maximum Gasteiger partial charge on any atom is 0.305 e. The summed E-state index contributed by atoms with van der Waals surface area (Å²) in [6.07, 6.45) is 1.26. The Morgan fingerprint density at radius 3 is 2.38 bits per heavy atom. The number of rotatable bonds is 10. The van der Waals surface area contributed by atoms with Gasteiger partial charge in [-0.05, 0) is 30.7 Å². The van der Waals surface area contributed by atoms with E-state index in [9.17, 15) is 27.8 Å². The van der Waals surface area contributed by atoms with Crippen LogP contribution in [0, 0.1) is 5.82 Å². The van der Waals surface area contributed by atoms with E-state index in [-0.39, 0.29) is 12.4 Å². The first-order valence-electron chi connectivity index (χ1n) is 9.79. The molecule has 2 rings (SSSR count). The van der Waals surface area contributed by atoms with Crippen LogP contribution in [-0.2, 0) is 21.2 Å². The number of carboxylic acids is 1. The van der Waals surface area contributed by atoms with E-state index in [1.165, 1.54) is 43.5 Å². The third-order valence-corrected chi connectivity index (χ3v) is 5.81. The quantitative estimate of drug-likeness (QED) is 0.481. The summed E-state index contributed by atoms with van der Waals surface area (Å²) >= 11 is 0. The standard InChI is InChI=1S/C21H26FN3O6S/c1-4-18-17(10-9-15(26)11-16(27)12-19(28)29)20(13-5-7-14(22)8-6-13)24-21(23-18)25(2)32(3,30)31/h5-10,15-16,26-27H,4,11-12H2,1-3H3,(H,28,29)/b10-9+/t15-,16-/m1/s1. The van der Waals surface area contributed by atoms with Crippen LogP contribution in [0.15, 0.2) is 30.3 Å². The predicted molar refractivity (Wildman–Crippen MR) is 118 cm³/mol. The van der Waals surface area contributed by atoms with E-state index in [4.69, 9.17) is 5.11 Å². The number of nitrogens with zero attached hydrogens (tertiary/aromatic N) is 3. The van der Waals surface area contributed by atoms with Crippen LogP contribution in [-0.4, -0.2) is 65.2 Å². The summed E-state index contributed by atoms with van der Waals surface area (Å²) in [5, 5.41) is 28.6. The van der Waals surface area contributed by atoms with Gasteiger partial charge in [0, 0.05) is 24.6 Å². The van der Waals surface area contributed by atoms with E-state index in [1.807, 2.05) is 6.92 Å². The molecule has 0 aliphatic rings. The van der Waals surface area contributed by atoms with Gasteiger partial charge in [0.1, 0.15) is 5.82 Å². The number of benzene rings is 1. The highest BCUT2D eigenvalue weighted by Crippen LogP contribution is 2.28. The molecule has 1 aromatic heterocycles. The van der Waals surface area contributed by atoms with Crippen molar-refractivity contribution in [2.75, 3.05) is 17.6 Å². The normalized spacial score (nSPS) is 13.8. The monoisotopic (exact) mass is 467 g/mol. The highest BCUT2D eigenvalue weighted by Gasteiger charge is 2.21. The van der Waals surface area contributed by atoms with Crippen LogP contribution in [0.3, 0.4) is 0 Å². The summed E-state index contributed by atoms with van der Waals surface area (Å²) in [5.74, 6) is -1.69. The second-order valence-electron chi connectivity index (χ2n) is 7.24. The van der Waals surface area contributed by atoms with Crippen LogP contribution in [0.5, 0.6) is 0 Å². The fraction of sp³-hybridized carbons (Fsp3) is 0.381. The van der Waals surface area contributed by atoms with E-state index >= 15 is 0 Å². The number of carbonyl (C=O) groups is 1. The predicted octanol–water partition coefficient (Wildman–Crippen LogP) is 1.84. The van der Waals surface area contributed by atoms with Crippen molar-refractivity contribution in [2.45, 2.75) is 38.4 Å². The molecule has 0 radical (unpaired) electrons. The van der Waals surface area contributed by atoms with Crippen molar-refractivity contribution in [3.8, 4) is 11.3 Å². The molecule has 2 aromatic rings. The van der Waals surface area contributed by atoms with Gasteiger partial charge < -0.3 is 15.3 Å². The van der Waals surface area contributed by atoms with Crippen LogP contribution in [0.25, 0.3) is 17.3 Å². The Labute approximate surface area is 185 Å². The topological polar surface area (TPSA) is 141 Å². The molecule has 2 atom stereocenters. The fourth-order valence-corrected chi connectivity index (χ4v) is 3.29. The lowest BCUT2D eigenvalue weighted by Crippen LogP contribution is -2.27. The number of aromatic nitrogens is 2. The number of hydrogen-bond acceptors (Lipinski definition) is 7. The second-order valence-corrected chi connectivity index (χ2v) is 9.25. The fourth-order valence-electron chi connectivity index (χ4n) is 2.91. The van der Waals surface area contributed by atoms with E-state index in [0.717, 1.165) is 10.6 Å². The Hall–Kier alpha value is -2.89. The van der Waals surface area contributed by atoms with E-state index in [2.05, 4.69) is 9.97 Å². The lowest BCUT2D eigenvalue weighted by molar-refractivity contribution is -0.139. The molecular formula is C21H26FN3O6S. The number of carboxylic acid groups (broad SMARTS) is 1. The molecule has 0 spiro atoms. The van der Waals surface area contributed by atoms with Gasteiger partial charge in [-0.15, -0.1) is 0 Å². The van der Waals surface area contributed by atoms with Crippen LogP contribution >= 0.6 is 0 Å². The van der Waals surface area contributed by atoms with Crippen molar-refractivity contribution in [3.63, 3.8) is 0 Å². The first kappa shape index (κ1) is 25.4. The van der Waals surface area contributed by atoms with E-state index in [0.29, 0.717) is 28.9 Å². The Morgan fingerprint density at radius 1 is 1.22 bits per heavy atom. The van der Waals surface area contributed by atoms with Crippen molar-refractivity contribution in [1.82, 2.24) is 9.97 Å². The molecule has 0 saturated carbocycles. The van der Waals surface area contributed by atoms with Gasteiger partial charge in [-0.3, -0.25) is 4.79 Å². The third-order valence-electron chi connectivity index (χ3n) is 4.65. The molecule has 0 fully saturated rings. The summed E-state index contributed by atoms with van der Waals surface area (Å²) in [7, 11) is -2.31. The smallest absolute Gasteiger partial charge is 0.305 e. The largest absolute Gasteiger partial charge is 0.481 e. The lowest BCUT2D eigenvalue weighted by Gasteiger charge is -2.19. The van der Waals surface area contributed by atoms with E-state index < -0.39 is 40.4 Å². The van der Waals surface area contributed by atoms with Crippen molar-refractivity contribution >= 4 is 28.0 Å².